The summed E-state index contributed by atoms with van der Waals surface area (Å²) in [5.74, 6) is 0.114. The van der Waals surface area contributed by atoms with Crippen LogP contribution in [0.2, 0.25) is 0 Å². The van der Waals surface area contributed by atoms with Gasteiger partial charge in [-0.1, -0.05) is 6.92 Å². The van der Waals surface area contributed by atoms with Crippen LogP contribution in [0, 0.1) is 5.92 Å². The molecular formula is C9H16ClNO3S. The van der Waals surface area contributed by atoms with E-state index < -0.39 is 9.84 Å². The lowest BCUT2D eigenvalue weighted by Gasteiger charge is -2.34. The summed E-state index contributed by atoms with van der Waals surface area (Å²) in [5.41, 5.74) is 0. The zero-order valence-electron chi connectivity index (χ0n) is 8.94. The second-order valence-electron chi connectivity index (χ2n) is 4.05. The molecule has 0 spiro atoms. The highest BCUT2D eigenvalue weighted by Crippen LogP contribution is 2.15. The summed E-state index contributed by atoms with van der Waals surface area (Å²) >= 11 is 5.60. The average Bonchev–Trinajstić information content (AvgIpc) is 2.14. The van der Waals surface area contributed by atoms with Gasteiger partial charge in [0, 0.05) is 24.4 Å². The summed E-state index contributed by atoms with van der Waals surface area (Å²) in [7, 11) is -2.96. The molecule has 2 unspecified atom stereocenters. The fraction of sp³-hybridized carbons (Fsp3) is 0.889. The molecule has 1 fully saturated rings. The van der Waals surface area contributed by atoms with Gasteiger partial charge in [-0.3, -0.25) is 4.79 Å². The lowest BCUT2D eigenvalue weighted by Crippen LogP contribution is -2.51. The first-order valence-corrected chi connectivity index (χ1v) is 7.30. The molecular weight excluding hydrogens is 238 g/mol. The van der Waals surface area contributed by atoms with Crippen LogP contribution in [0.25, 0.3) is 0 Å². The Morgan fingerprint density at radius 1 is 1.60 bits per heavy atom. The smallest absolute Gasteiger partial charge is 0.226 e. The fourth-order valence-electron chi connectivity index (χ4n) is 1.68. The molecule has 0 aromatic rings. The van der Waals surface area contributed by atoms with Gasteiger partial charge in [0.15, 0.2) is 9.84 Å². The molecule has 0 aliphatic carbocycles. The van der Waals surface area contributed by atoms with Crippen molar-refractivity contribution in [1.82, 2.24) is 4.90 Å². The zero-order chi connectivity index (χ0) is 11.6. The van der Waals surface area contributed by atoms with Gasteiger partial charge in [-0.25, -0.2) is 8.42 Å². The minimum atomic E-state index is -2.96. The number of amides is 1. The molecule has 1 heterocycles. The molecule has 0 aromatic heterocycles. The predicted molar refractivity (Wildman–Crippen MR) is 59.7 cm³/mol. The van der Waals surface area contributed by atoms with Crippen LogP contribution in [0.4, 0.5) is 0 Å². The van der Waals surface area contributed by atoms with E-state index >= 15 is 0 Å². The topological polar surface area (TPSA) is 54.5 Å². The fourth-order valence-corrected chi connectivity index (χ4v) is 3.36. The van der Waals surface area contributed by atoms with Gasteiger partial charge in [-0.15, -0.1) is 11.6 Å². The molecule has 6 heteroatoms. The minimum Gasteiger partial charge on any atom is -0.338 e. The van der Waals surface area contributed by atoms with Gasteiger partial charge < -0.3 is 4.90 Å². The molecule has 1 amide bonds. The SMILES string of the molecule is CC(CCl)C(=O)N1CCS(=O)(=O)CC1C. The van der Waals surface area contributed by atoms with Crippen LogP contribution in [0.5, 0.6) is 0 Å². The van der Waals surface area contributed by atoms with Crippen molar-refractivity contribution in [3.05, 3.63) is 0 Å². The Labute approximate surface area is 95.5 Å². The van der Waals surface area contributed by atoms with E-state index in [9.17, 15) is 13.2 Å². The van der Waals surface area contributed by atoms with Crippen molar-refractivity contribution in [1.29, 1.82) is 0 Å². The largest absolute Gasteiger partial charge is 0.338 e. The summed E-state index contributed by atoms with van der Waals surface area (Å²) < 4.78 is 22.6. The Balaban J connectivity index is 2.70. The molecule has 88 valence electrons. The molecule has 15 heavy (non-hydrogen) atoms. The van der Waals surface area contributed by atoms with Gasteiger partial charge in [-0.05, 0) is 6.92 Å². The maximum atomic E-state index is 11.8. The maximum Gasteiger partial charge on any atom is 0.226 e. The van der Waals surface area contributed by atoms with Crippen molar-refractivity contribution < 1.29 is 13.2 Å². The number of halogens is 1. The van der Waals surface area contributed by atoms with Crippen LogP contribution in [0.1, 0.15) is 13.8 Å². The molecule has 1 aliphatic heterocycles. The highest BCUT2D eigenvalue weighted by atomic mass is 35.5. The van der Waals surface area contributed by atoms with Crippen LogP contribution in [0.15, 0.2) is 0 Å². The third kappa shape index (κ3) is 3.08. The Morgan fingerprint density at radius 3 is 2.67 bits per heavy atom. The Hall–Kier alpha value is -0.290. The molecule has 1 aliphatic rings. The van der Waals surface area contributed by atoms with Crippen LogP contribution in [0.3, 0.4) is 0 Å². The number of alkyl halides is 1. The Morgan fingerprint density at radius 2 is 2.20 bits per heavy atom. The van der Waals surface area contributed by atoms with Gasteiger partial charge in [-0.2, -0.15) is 0 Å². The molecule has 0 aromatic carbocycles. The van der Waals surface area contributed by atoms with E-state index in [-0.39, 0.29) is 35.3 Å². The molecule has 4 nitrogen and oxygen atoms in total. The van der Waals surface area contributed by atoms with Crippen molar-refractivity contribution in [2.24, 2.45) is 5.92 Å². The summed E-state index contributed by atoms with van der Waals surface area (Å²) in [5, 5.41) is 0. The lowest BCUT2D eigenvalue weighted by atomic mass is 10.1. The van der Waals surface area contributed by atoms with Gasteiger partial charge in [0.2, 0.25) is 5.91 Å². The van der Waals surface area contributed by atoms with Gasteiger partial charge in [0.05, 0.1) is 11.5 Å². The second-order valence-corrected chi connectivity index (χ2v) is 6.59. The van der Waals surface area contributed by atoms with E-state index in [1.807, 2.05) is 0 Å². The molecule has 0 N–H and O–H groups in total. The van der Waals surface area contributed by atoms with Gasteiger partial charge in [0.1, 0.15) is 0 Å². The van der Waals surface area contributed by atoms with Crippen LogP contribution < -0.4 is 0 Å². The number of carbonyl (C=O) groups excluding carboxylic acids is 1. The molecule has 2 atom stereocenters. The van der Waals surface area contributed by atoms with Crippen molar-refractivity contribution >= 4 is 27.3 Å². The monoisotopic (exact) mass is 253 g/mol. The van der Waals surface area contributed by atoms with Gasteiger partial charge in [0.25, 0.3) is 0 Å². The Bertz CT molecular complexity index is 341. The predicted octanol–water partition coefficient (Wildman–Crippen LogP) is 0.507. The summed E-state index contributed by atoms with van der Waals surface area (Å²) in [4.78, 5) is 13.4. The standard InChI is InChI=1S/C9H16ClNO3S/c1-7(5-10)9(12)11-3-4-15(13,14)6-8(11)2/h7-8H,3-6H2,1-2H3. The average molecular weight is 254 g/mol. The van der Waals surface area contributed by atoms with Crippen LogP contribution in [-0.2, 0) is 14.6 Å². The Kier molecular flexibility index (Phi) is 4.00. The third-order valence-electron chi connectivity index (χ3n) is 2.61. The first-order chi connectivity index (χ1) is 6.87. The normalized spacial score (nSPS) is 27.4. The van der Waals surface area contributed by atoms with E-state index in [4.69, 9.17) is 11.6 Å². The number of rotatable bonds is 2. The van der Waals surface area contributed by atoms with Crippen molar-refractivity contribution in [3.63, 3.8) is 0 Å². The zero-order valence-corrected chi connectivity index (χ0v) is 10.5. The van der Waals surface area contributed by atoms with E-state index in [2.05, 4.69) is 0 Å². The van der Waals surface area contributed by atoms with E-state index in [1.165, 1.54) is 0 Å². The molecule has 1 saturated heterocycles. The number of hydrogen-bond donors (Lipinski definition) is 0. The molecule has 0 bridgehead atoms. The summed E-state index contributed by atoms with van der Waals surface area (Å²) in [6.07, 6.45) is 0. The number of sulfone groups is 1. The van der Waals surface area contributed by atoms with Crippen molar-refractivity contribution in [3.8, 4) is 0 Å². The molecule has 0 saturated carbocycles. The first-order valence-electron chi connectivity index (χ1n) is 4.94. The number of carbonyl (C=O) groups is 1. The summed E-state index contributed by atoms with van der Waals surface area (Å²) in [6.45, 7) is 3.81. The first kappa shape index (κ1) is 12.8. The summed E-state index contributed by atoms with van der Waals surface area (Å²) in [6, 6.07) is -0.234. The lowest BCUT2D eigenvalue weighted by molar-refractivity contribution is -0.135. The highest BCUT2D eigenvalue weighted by molar-refractivity contribution is 7.91. The number of nitrogens with zero attached hydrogens (tertiary/aromatic N) is 1. The van der Waals surface area contributed by atoms with Crippen molar-refractivity contribution in [2.45, 2.75) is 19.9 Å². The minimum absolute atomic E-state index is 0.0487. The number of hydrogen-bond acceptors (Lipinski definition) is 3. The quantitative estimate of drug-likeness (QED) is 0.674. The van der Waals surface area contributed by atoms with Gasteiger partial charge >= 0.3 is 0 Å². The second kappa shape index (κ2) is 4.70. The third-order valence-corrected chi connectivity index (χ3v) is 4.86. The molecule has 0 radical (unpaired) electrons. The molecule has 1 rings (SSSR count). The van der Waals surface area contributed by atoms with E-state index in [0.717, 1.165) is 0 Å². The van der Waals surface area contributed by atoms with Crippen LogP contribution >= 0.6 is 11.6 Å². The van der Waals surface area contributed by atoms with Crippen LogP contribution in [-0.4, -0.2) is 49.2 Å². The maximum absolute atomic E-state index is 11.8. The van der Waals surface area contributed by atoms with Crippen molar-refractivity contribution in [2.75, 3.05) is 23.9 Å². The van der Waals surface area contributed by atoms with E-state index in [0.29, 0.717) is 6.54 Å². The van der Waals surface area contributed by atoms with E-state index in [1.54, 1.807) is 18.7 Å². The highest BCUT2D eigenvalue weighted by Gasteiger charge is 2.32.